The van der Waals surface area contributed by atoms with Crippen LogP contribution in [0.4, 0.5) is 5.69 Å². The minimum absolute atomic E-state index is 0.0557. The van der Waals surface area contributed by atoms with Gasteiger partial charge >= 0.3 is 0 Å². The first kappa shape index (κ1) is 17.2. The first-order valence-corrected chi connectivity index (χ1v) is 9.04. The molecule has 0 radical (unpaired) electrons. The summed E-state index contributed by atoms with van der Waals surface area (Å²) in [6.45, 7) is 5.33. The predicted octanol–water partition coefficient (Wildman–Crippen LogP) is 4.16. The first-order chi connectivity index (χ1) is 13.1. The second-order valence-corrected chi connectivity index (χ2v) is 6.59. The van der Waals surface area contributed by atoms with E-state index in [0.29, 0.717) is 19.0 Å². The second kappa shape index (κ2) is 7.19. The monoisotopic (exact) mass is 362 g/mol. The van der Waals surface area contributed by atoms with Crippen LogP contribution in [0.1, 0.15) is 21.7 Å². The van der Waals surface area contributed by atoms with Crippen LogP contribution in [-0.4, -0.2) is 30.1 Å². The van der Waals surface area contributed by atoms with Crippen molar-refractivity contribution in [2.75, 3.05) is 25.1 Å². The third kappa shape index (κ3) is 3.40. The molecule has 1 aromatic heterocycles. The first-order valence-electron chi connectivity index (χ1n) is 9.04. The van der Waals surface area contributed by atoms with E-state index in [1.165, 1.54) is 0 Å². The summed E-state index contributed by atoms with van der Waals surface area (Å²) < 4.78 is 13.2. The van der Waals surface area contributed by atoms with Gasteiger partial charge in [0.25, 0.3) is 0 Å². The van der Waals surface area contributed by atoms with Crippen LogP contribution in [0.3, 0.4) is 0 Å². The Morgan fingerprint density at radius 3 is 2.52 bits per heavy atom. The molecule has 0 saturated heterocycles. The van der Waals surface area contributed by atoms with Crippen molar-refractivity contribution in [3.8, 4) is 17.2 Å². The third-order valence-corrected chi connectivity index (χ3v) is 4.74. The molecule has 0 fully saturated rings. The van der Waals surface area contributed by atoms with Crippen LogP contribution in [0.15, 0.2) is 54.6 Å². The highest BCUT2D eigenvalue weighted by Gasteiger charge is 2.17. The Morgan fingerprint density at radius 2 is 1.74 bits per heavy atom. The van der Waals surface area contributed by atoms with Gasteiger partial charge in [0.2, 0.25) is 0 Å². The molecule has 0 aliphatic carbocycles. The minimum Gasteiger partial charge on any atom is -0.486 e. The van der Waals surface area contributed by atoms with Gasteiger partial charge in [0.05, 0.1) is 6.54 Å². The smallest absolute Gasteiger partial charge is 0.183 e. The maximum Gasteiger partial charge on any atom is 0.183 e. The number of Topliss-reactive ketones (excluding diaryl/α,β-unsaturated/α-hetero) is 1. The number of aromatic nitrogens is 1. The number of fused-ring (bicyclic) bond motifs is 1. The standard InChI is InChI=1S/C22H22N2O3/c1-15-12-19(16(2)24(15)18-6-4-3-5-7-18)20(25)14-23-17-8-9-21-22(13-17)27-11-10-26-21/h3-9,12-13,23H,10-11,14H2,1-2H3. The molecule has 2 aromatic carbocycles. The van der Waals surface area contributed by atoms with Gasteiger partial charge in [-0.15, -0.1) is 0 Å². The van der Waals surface area contributed by atoms with Crippen LogP contribution in [0.2, 0.25) is 0 Å². The van der Waals surface area contributed by atoms with Crippen molar-refractivity contribution < 1.29 is 14.3 Å². The maximum absolute atomic E-state index is 12.8. The van der Waals surface area contributed by atoms with Crippen molar-refractivity contribution >= 4 is 11.5 Å². The molecule has 0 unspecified atom stereocenters. The van der Waals surface area contributed by atoms with Gasteiger partial charge in [-0.3, -0.25) is 4.79 Å². The van der Waals surface area contributed by atoms with Crippen molar-refractivity contribution in [3.63, 3.8) is 0 Å². The summed E-state index contributed by atoms with van der Waals surface area (Å²) in [5.41, 5.74) is 4.63. The van der Waals surface area contributed by atoms with Crippen LogP contribution in [0.5, 0.6) is 11.5 Å². The molecule has 0 spiro atoms. The molecule has 1 aliphatic rings. The van der Waals surface area contributed by atoms with E-state index < -0.39 is 0 Å². The normalized spacial score (nSPS) is 12.7. The summed E-state index contributed by atoms with van der Waals surface area (Å²) in [4.78, 5) is 12.8. The van der Waals surface area contributed by atoms with E-state index in [1.807, 2.05) is 68.4 Å². The summed E-state index contributed by atoms with van der Waals surface area (Å²) >= 11 is 0. The zero-order chi connectivity index (χ0) is 18.8. The van der Waals surface area contributed by atoms with E-state index in [4.69, 9.17) is 9.47 Å². The summed E-state index contributed by atoms with van der Waals surface area (Å²) in [6, 6.07) is 17.7. The van der Waals surface area contributed by atoms with Crippen LogP contribution < -0.4 is 14.8 Å². The van der Waals surface area contributed by atoms with Crippen molar-refractivity contribution in [3.05, 3.63) is 71.5 Å². The lowest BCUT2D eigenvalue weighted by Crippen LogP contribution is -2.17. The zero-order valence-corrected chi connectivity index (χ0v) is 15.5. The summed E-state index contributed by atoms with van der Waals surface area (Å²) in [7, 11) is 0. The van der Waals surface area contributed by atoms with Crippen LogP contribution >= 0.6 is 0 Å². The predicted molar refractivity (Wildman–Crippen MR) is 105 cm³/mol. The Hall–Kier alpha value is -3.21. The molecule has 0 amide bonds. The summed E-state index contributed by atoms with van der Waals surface area (Å²) in [6.07, 6.45) is 0. The average molecular weight is 362 g/mol. The maximum atomic E-state index is 12.8. The molecule has 1 N–H and O–H groups in total. The number of para-hydroxylation sites is 1. The van der Waals surface area contributed by atoms with Crippen molar-refractivity contribution in [2.45, 2.75) is 13.8 Å². The average Bonchev–Trinajstić information content (AvgIpc) is 3.01. The topological polar surface area (TPSA) is 52.5 Å². The number of benzene rings is 2. The zero-order valence-electron chi connectivity index (χ0n) is 15.5. The van der Waals surface area contributed by atoms with E-state index in [2.05, 4.69) is 9.88 Å². The minimum atomic E-state index is 0.0557. The van der Waals surface area contributed by atoms with Crippen LogP contribution in [0.25, 0.3) is 5.69 Å². The fourth-order valence-corrected chi connectivity index (χ4v) is 3.45. The number of carbonyl (C=O) groups excluding carboxylic acids is 1. The largest absolute Gasteiger partial charge is 0.486 e. The molecular formula is C22H22N2O3. The lowest BCUT2D eigenvalue weighted by molar-refractivity contribution is 0.101. The van der Waals surface area contributed by atoms with Gasteiger partial charge in [-0.1, -0.05) is 18.2 Å². The molecule has 0 saturated carbocycles. The number of nitrogens with one attached hydrogen (secondary N) is 1. The van der Waals surface area contributed by atoms with E-state index in [0.717, 1.165) is 34.1 Å². The van der Waals surface area contributed by atoms with E-state index in [1.54, 1.807) is 0 Å². The molecule has 5 nitrogen and oxygen atoms in total. The highest BCUT2D eigenvalue weighted by atomic mass is 16.6. The number of aryl methyl sites for hydroxylation is 1. The number of nitrogens with zero attached hydrogens (tertiary/aromatic N) is 1. The Kier molecular flexibility index (Phi) is 4.59. The number of hydrogen-bond donors (Lipinski definition) is 1. The molecule has 0 bridgehead atoms. The lowest BCUT2D eigenvalue weighted by atomic mass is 10.1. The van der Waals surface area contributed by atoms with Gasteiger partial charge in [-0.05, 0) is 44.2 Å². The van der Waals surface area contributed by atoms with Gasteiger partial charge in [-0.2, -0.15) is 0 Å². The molecule has 2 heterocycles. The van der Waals surface area contributed by atoms with Crippen LogP contribution in [0, 0.1) is 13.8 Å². The van der Waals surface area contributed by atoms with E-state index in [-0.39, 0.29) is 12.3 Å². The number of anilines is 1. The number of hydrogen-bond acceptors (Lipinski definition) is 4. The molecular weight excluding hydrogens is 340 g/mol. The highest BCUT2D eigenvalue weighted by molar-refractivity contribution is 6.00. The molecule has 27 heavy (non-hydrogen) atoms. The van der Waals surface area contributed by atoms with Crippen molar-refractivity contribution in [1.82, 2.24) is 4.57 Å². The quantitative estimate of drug-likeness (QED) is 0.693. The number of rotatable bonds is 5. The highest BCUT2D eigenvalue weighted by Crippen LogP contribution is 2.32. The van der Waals surface area contributed by atoms with Crippen molar-refractivity contribution in [2.24, 2.45) is 0 Å². The van der Waals surface area contributed by atoms with Crippen LogP contribution in [-0.2, 0) is 0 Å². The second-order valence-electron chi connectivity index (χ2n) is 6.59. The molecule has 0 atom stereocenters. The van der Waals surface area contributed by atoms with Gasteiger partial charge in [0.1, 0.15) is 13.2 Å². The number of ether oxygens (including phenoxy) is 2. The fourth-order valence-electron chi connectivity index (χ4n) is 3.45. The number of ketones is 1. The Bertz CT molecular complexity index is 977. The molecule has 138 valence electrons. The van der Waals surface area contributed by atoms with E-state index >= 15 is 0 Å². The molecule has 5 heteroatoms. The Morgan fingerprint density at radius 1 is 1.00 bits per heavy atom. The molecule has 1 aliphatic heterocycles. The fraction of sp³-hybridized carbons (Fsp3) is 0.227. The van der Waals surface area contributed by atoms with Gasteiger partial charge < -0.3 is 19.4 Å². The van der Waals surface area contributed by atoms with Gasteiger partial charge in [0, 0.05) is 34.4 Å². The third-order valence-electron chi connectivity index (χ3n) is 4.74. The SMILES string of the molecule is Cc1cc(C(=O)CNc2ccc3c(c2)OCCO3)c(C)n1-c1ccccc1. The summed E-state index contributed by atoms with van der Waals surface area (Å²) in [5.74, 6) is 1.51. The van der Waals surface area contributed by atoms with Crippen molar-refractivity contribution in [1.29, 1.82) is 0 Å². The molecule has 4 rings (SSSR count). The Labute approximate surface area is 158 Å². The van der Waals surface area contributed by atoms with Gasteiger partial charge in [-0.25, -0.2) is 0 Å². The Balaban J connectivity index is 1.51. The van der Waals surface area contributed by atoms with Gasteiger partial charge in [0.15, 0.2) is 17.3 Å². The number of carbonyl (C=O) groups is 1. The lowest BCUT2D eigenvalue weighted by Gasteiger charge is -2.19. The summed E-state index contributed by atoms with van der Waals surface area (Å²) in [5, 5.41) is 3.19. The molecule has 3 aromatic rings. The van der Waals surface area contributed by atoms with E-state index in [9.17, 15) is 4.79 Å².